The highest BCUT2D eigenvalue weighted by molar-refractivity contribution is 5.94. The number of nitrogens with zero attached hydrogens (tertiary/aromatic N) is 2. The van der Waals surface area contributed by atoms with Crippen LogP contribution in [0.5, 0.6) is 0 Å². The van der Waals surface area contributed by atoms with Crippen LogP contribution in [0, 0.1) is 0 Å². The van der Waals surface area contributed by atoms with Crippen molar-refractivity contribution in [2.24, 2.45) is 0 Å². The first kappa shape index (κ1) is 28.8. The summed E-state index contributed by atoms with van der Waals surface area (Å²) in [5, 5.41) is 6.72. The number of alkyl halides is 4. The van der Waals surface area contributed by atoms with Crippen LogP contribution < -0.4 is 10.6 Å². The second-order valence-corrected chi connectivity index (χ2v) is 10.9. The number of rotatable bonds is 7. The van der Waals surface area contributed by atoms with Crippen LogP contribution in [-0.2, 0) is 15.7 Å². The monoisotopic (exact) mass is 564 g/mol. The molecule has 3 saturated heterocycles. The minimum absolute atomic E-state index is 0.0830. The number of piperidine rings is 1. The van der Waals surface area contributed by atoms with Gasteiger partial charge in [-0.3, -0.25) is 9.78 Å². The number of halogens is 4. The van der Waals surface area contributed by atoms with Crippen molar-refractivity contribution in [2.45, 2.75) is 75.2 Å². The van der Waals surface area contributed by atoms with Gasteiger partial charge in [-0.25, -0.2) is 4.39 Å². The fourth-order valence-electron chi connectivity index (χ4n) is 5.69. The van der Waals surface area contributed by atoms with E-state index in [4.69, 9.17) is 9.47 Å². The molecule has 0 radical (unpaired) electrons. The molecule has 40 heavy (non-hydrogen) atoms. The highest BCUT2D eigenvalue weighted by atomic mass is 19.4. The van der Waals surface area contributed by atoms with Gasteiger partial charge in [-0.2, -0.15) is 13.2 Å². The molecule has 3 aliphatic heterocycles. The van der Waals surface area contributed by atoms with Crippen molar-refractivity contribution in [3.63, 3.8) is 0 Å². The number of carbonyl (C=O) groups excluding carboxylic acids is 1. The van der Waals surface area contributed by atoms with Crippen LogP contribution in [0.3, 0.4) is 0 Å². The SMILES string of the molecule is O=C(c1cncc(NC[C@H]2CCC[C@@H](c3ccc(C(F)(F)F)cc3)O2)c1)N1CCC(NC2CCOCC2F)CC1. The van der Waals surface area contributed by atoms with Crippen molar-refractivity contribution in [3.8, 4) is 0 Å². The lowest BCUT2D eigenvalue weighted by atomic mass is 9.97. The van der Waals surface area contributed by atoms with Crippen molar-refractivity contribution in [1.82, 2.24) is 15.2 Å². The standard InChI is InChI=1S/C29H36F4N4O3/c30-25-18-39-13-10-26(25)36-22-8-11-37(12-9-22)28(38)20-14-23(16-34-15-20)35-17-24-2-1-3-27(40-24)19-4-6-21(7-5-19)29(31,32)33/h4-7,14-16,22,24-27,35-36H,1-3,8-13,17-18H2/t24-,25?,26?,27+/m1/s1. The normalized spacial score (nSPS) is 26.4. The zero-order valence-corrected chi connectivity index (χ0v) is 22.3. The van der Waals surface area contributed by atoms with Crippen molar-refractivity contribution < 1.29 is 31.8 Å². The molecule has 2 unspecified atom stereocenters. The number of hydrogen-bond acceptors (Lipinski definition) is 6. The second kappa shape index (κ2) is 12.8. The minimum atomic E-state index is -4.36. The number of benzene rings is 1. The van der Waals surface area contributed by atoms with Crippen LogP contribution in [0.4, 0.5) is 23.2 Å². The third kappa shape index (κ3) is 7.30. The molecular weight excluding hydrogens is 528 g/mol. The van der Waals surface area contributed by atoms with Gasteiger partial charge in [-0.1, -0.05) is 12.1 Å². The van der Waals surface area contributed by atoms with E-state index in [1.807, 2.05) is 4.90 Å². The molecule has 2 N–H and O–H groups in total. The number of ether oxygens (including phenoxy) is 2. The molecule has 0 spiro atoms. The van der Waals surface area contributed by atoms with Gasteiger partial charge in [0, 0.05) is 50.7 Å². The summed E-state index contributed by atoms with van der Waals surface area (Å²) in [4.78, 5) is 19.2. The molecule has 3 fully saturated rings. The molecule has 7 nitrogen and oxygen atoms in total. The van der Waals surface area contributed by atoms with Gasteiger partial charge < -0.3 is 25.0 Å². The fourth-order valence-corrected chi connectivity index (χ4v) is 5.69. The Morgan fingerprint density at radius 2 is 1.82 bits per heavy atom. The molecule has 3 aliphatic rings. The van der Waals surface area contributed by atoms with Crippen LogP contribution in [0.2, 0.25) is 0 Å². The summed E-state index contributed by atoms with van der Waals surface area (Å²) < 4.78 is 64.1. The van der Waals surface area contributed by atoms with Gasteiger partial charge in [0.1, 0.15) is 6.17 Å². The summed E-state index contributed by atoms with van der Waals surface area (Å²) in [7, 11) is 0. The number of amides is 1. The van der Waals surface area contributed by atoms with E-state index in [1.165, 1.54) is 12.1 Å². The van der Waals surface area contributed by atoms with Crippen LogP contribution in [-0.4, -0.2) is 73.0 Å². The number of pyridine rings is 1. The minimum Gasteiger partial charge on any atom is -0.381 e. The van der Waals surface area contributed by atoms with Crippen molar-refractivity contribution in [2.75, 3.05) is 38.2 Å². The Hall–Kier alpha value is -2.76. The highest BCUT2D eigenvalue weighted by Gasteiger charge is 2.32. The topological polar surface area (TPSA) is 75.7 Å². The van der Waals surface area contributed by atoms with E-state index in [0.29, 0.717) is 43.9 Å². The number of carbonyl (C=O) groups is 1. The zero-order valence-electron chi connectivity index (χ0n) is 22.3. The Kier molecular flexibility index (Phi) is 9.22. The first-order valence-corrected chi connectivity index (χ1v) is 14.0. The lowest BCUT2D eigenvalue weighted by Gasteiger charge is -2.36. The van der Waals surface area contributed by atoms with Gasteiger partial charge >= 0.3 is 6.18 Å². The number of anilines is 1. The van der Waals surface area contributed by atoms with Crippen LogP contribution in [0.15, 0.2) is 42.7 Å². The Bertz CT molecular complexity index is 1130. The lowest BCUT2D eigenvalue weighted by Crippen LogP contribution is -2.52. The van der Waals surface area contributed by atoms with E-state index in [0.717, 1.165) is 49.8 Å². The third-order valence-corrected chi connectivity index (χ3v) is 8.00. The molecular formula is C29H36F4N4O3. The Morgan fingerprint density at radius 1 is 1.05 bits per heavy atom. The smallest absolute Gasteiger partial charge is 0.381 e. The average molecular weight is 565 g/mol. The van der Waals surface area contributed by atoms with E-state index >= 15 is 0 Å². The molecule has 218 valence electrons. The van der Waals surface area contributed by atoms with Crippen molar-refractivity contribution in [1.29, 1.82) is 0 Å². The maximum absolute atomic E-state index is 14.1. The first-order chi connectivity index (χ1) is 19.3. The summed E-state index contributed by atoms with van der Waals surface area (Å²) in [5.74, 6) is -0.0830. The lowest BCUT2D eigenvalue weighted by molar-refractivity contribution is -0.137. The molecule has 0 aliphatic carbocycles. The van der Waals surface area contributed by atoms with E-state index in [2.05, 4.69) is 15.6 Å². The van der Waals surface area contributed by atoms with Crippen molar-refractivity contribution >= 4 is 11.6 Å². The molecule has 1 aromatic carbocycles. The summed E-state index contributed by atoms with van der Waals surface area (Å²) in [5.41, 5.74) is 1.27. The summed E-state index contributed by atoms with van der Waals surface area (Å²) in [6, 6.07) is 6.95. The third-order valence-electron chi connectivity index (χ3n) is 8.00. The first-order valence-electron chi connectivity index (χ1n) is 14.0. The van der Waals surface area contributed by atoms with Crippen LogP contribution in [0.25, 0.3) is 0 Å². The van der Waals surface area contributed by atoms with Crippen LogP contribution in [0.1, 0.15) is 66.1 Å². The van der Waals surface area contributed by atoms with Gasteiger partial charge in [0.25, 0.3) is 5.91 Å². The maximum Gasteiger partial charge on any atom is 0.416 e. The Morgan fingerprint density at radius 3 is 2.55 bits per heavy atom. The number of likely N-dealkylation sites (tertiary alicyclic amines) is 1. The zero-order chi connectivity index (χ0) is 28.1. The maximum atomic E-state index is 14.1. The molecule has 11 heteroatoms. The molecule has 0 bridgehead atoms. The molecule has 1 aromatic heterocycles. The summed E-state index contributed by atoms with van der Waals surface area (Å²) >= 11 is 0. The largest absolute Gasteiger partial charge is 0.416 e. The van der Waals surface area contributed by atoms with Crippen molar-refractivity contribution in [3.05, 3.63) is 59.4 Å². The second-order valence-electron chi connectivity index (χ2n) is 10.9. The average Bonchev–Trinajstić information content (AvgIpc) is 2.97. The summed E-state index contributed by atoms with van der Waals surface area (Å²) in [6.45, 7) is 2.39. The van der Waals surface area contributed by atoms with Gasteiger partial charge in [0.05, 0.1) is 35.6 Å². The van der Waals surface area contributed by atoms with E-state index in [9.17, 15) is 22.4 Å². The Balaban J connectivity index is 1.10. The number of aromatic nitrogens is 1. The van der Waals surface area contributed by atoms with E-state index in [-0.39, 0.29) is 36.8 Å². The molecule has 2 aromatic rings. The molecule has 5 rings (SSSR count). The van der Waals surface area contributed by atoms with Gasteiger partial charge in [0.2, 0.25) is 0 Å². The predicted octanol–water partition coefficient (Wildman–Crippen LogP) is 5.14. The van der Waals surface area contributed by atoms with E-state index < -0.39 is 17.9 Å². The molecule has 4 heterocycles. The predicted molar refractivity (Wildman–Crippen MR) is 142 cm³/mol. The number of hydrogen-bond donors (Lipinski definition) is 2. The highest BCUT2D eigenvalue weighted by Crippen LogP contribution is 2.34. The van der Waals surface area contributed by atoms with Gasteiger partial charge in [-0.15, -0.1) is 0 Å². The number of nitrogens with one attached hydrogen (secondary N) is 2. The fraction of sp³-hybridized carbons (Fsp3) is 0.586. The summed E-state index contributed by atoms with van der Waals surface area (Å²) in [6.07, 6.45) is 2.16. The van der Waals surface area contributed by atoms with Crippen LogP contribution >= 0.6 is 0 Å². The molecule has 1 amide bonds. The quantitative estimate of drug-likeness (QED) is 0.454. The van der Waals surface area contributed by atoms with Gasteiger partial charge in [-0.05, 0) is 62.3 Å². The molecule has 4 atom stereocenters. The molecule has 0 saturated carbocycles. The van der Waals surface area contributed by atoms with Gasteiger partial charge in [0.15, 0.2) is 0 Å². The Labute approximate surface area is 231 Å². The van der Waals surface area contributed by atoms with E-state index in [1.54, 1.807) is 18.5 Å².